The smallest absolute Gasteiger partial charge is 0.291 e. The van der Waals surface area contributed by atoms with Crippen LogP contribution in [0.4, 0.5) is 0 Å². The zero-order valence-corrected chi connectivity index (χ0v) is 11.5. The van der Waals surface area contributed by atoms with E-state index in [0.29, 0.717) is 18.5 Å². The largest absolute Gasteiger partial charge is 0.350 e. The Bertz CT molecular complexity index is 679. The van der Waals surface area contributed by atoms with E-state index in [2.05, 4.69) is 16.5 Å². The summed E-state index contributed by atoms with van der Waals surface area (Å²) in [5.41, 5.74) is 0.742. The van der Waals surface area contributed by atoms with Crippen molar-refractivity contribution < 1.29 is 9.32 Å². The predicted octanol–water partition coefficient (Wildman–Crippen LogP) is 2.91. The molecule has 5 nitrogen and oxygen atoms in total. The van der Waals surface area contributed by atoms with Gasteiger partial charge in [-0.3, -0.25) is 4.79 Å². The lowest BCUT2D eigenvalue weighted by atomic mass is 10.00. The van der Waals surface area contributed by atoms with Crippen LogP contribution in [-0.2, 0) is 0 Å². The minimum atomic E-state index is -0.753. The third kappa shape index (κ3) is 2.65. The summed E-state index contributed by atoms with van der Waals surface area (Å²) in [5.74, 6) is -0.247. The Hall–Kier alpha value is -2.61. The van der Waals surface area contributed by atoms with Gasteiger partial charge in [0.2, 0.25) is 5.76 Å². The van der Waals surface area contributed by atoms with Gasteiger partial charge < -0.3 is 9.84 Å². The van der Waals surface area contributed by atoms with Gasteiger partial charge in [-0.25, -0.2) is 0 Å². The number of nitrogens with zero attached hydrogens (tertiary/aromatic N) is 2. The fourth-order valence-electron chi connectivity index (χ4n) is 2.65. The molecule has 1 aromatic heterocycles. The first-order valence-corrected chi connectivity index (χ1v) is 6.98. The van der Waals surface area contributed by atoms with Gasteiger partial charge in [-0.05, 0) is 25.7 Å². The molecular weight excluding hydrogens is 266 g/mol. The number of nitriles is 1. The van der Waals surface area contributed by atoms with Crippen LogP contribution in [0.5, 0.6) is 0 Å². The SMILES string of the molecule is N#CC1(NC(=O)c2cc(-c3ccccc3)no2)CCCC1. The van der Waals surface area contributed by atoms with Gasteiger partial charge in [0.15, 0.2) is 0 Å². The molecule has 1 amide bonds. The van der Waals surface area contributed by atoms with Gasteiger partial charge in [-0.1, -0.05) is 35.5 Å². The minimum Gasteiger partial charge on any atom is -0.350 e. The zero-order valence-electron chi connectivity index (χ0n) is 11.5. The number of benzene rings is 1. The molecule has 0 radical (unpaired) electrons. The number of carbonyl (C=O) groups excluding carboxylic acids is 1. The molecule has 1 fully saturated rings. The summed E-state index contributed by atoms with van der Waals surface area (Å²) in [6.45, 7) is 0. The molecule has 2 aromatic rings. The molecule has 1 aliphatic rings. The molecule has 106 valence electrons. The van der Waals surface area contributed by atoms with E-state index in [-0.39, 0.29) is 11.7 Å². The summed E-state index contributed by atoms with van der Waals surface area (Å²) in [6.07, 6.45) is 3.29. The van der Waals surface area contributed by atoms with E-state index >= 15 is 0 Å². The molecule has 1 aliphatic carbocycles. The molecule has 0 bridgehead atoms. The normalized spacial score (nSPS) is 16.3. The molecule has 0 spiro atoms. The standard InChI is InChI=1S/C16H15N3O2/c17-11-16(8-4-5-9-16)18-15(20)14-10-13(19-21-14)12-6-2-1-3-7-12/h1-3,6-7,10H,4-5,8-9H2,(H,18,20). The average Bonchev–Trinajstić information content (AvgIpc) is 3.18. The third-order valence-corrected chi connectivity index (χ3v) is 3.83. The number of rotatable bonds is 3. The van der Waals surface area contributed by atoms with Crippen molar-refractivity contribution in [1.82, 2.24) is 10.5 Å². The topological polar surface area (TPSA) is 78.9 Å². The van der Waals surface area contributed by atoms with Crippen LogP contribution >= 0.6 is 0 Å². The van der Waals surface area contributed by atoms with Crippen molar-refractivity contribution >= 4 is 5.91 Å². The van der Waals surface area contributed by atoms with Gasteiger partial charge in [-0.2, -0.15) is 5.26 Å². The fraction of sp³-hybridized carbons (Fsp3) is 0.312. The Morgan fingerprint density at radius 3 is 2.67 bits per heavy atom. The van der Waals surface area contributed by atoms with Crippen LogP contribution in [0.3, 0.4) is 0 Å². The van der Waals surface area contributed by atoms with Gasteiger partial charge in [0, 0.05) is 11.6 Å². The molecule has 1 heterocycles. The van der Waals surface area contributed by atoms with Crippen molar-refractivity contribution in [2.75, 3.05) is 0 Å². The molecule has 0 saturated heterocycles. The van der Waals surface area contributed by atoms with Gasteiger partial charge in [0.25, 0.3) is 5.91 Å². The van der Waals surface area contributed by atoms with Crippen molar-refractivity contribution in [1.29, 1.82) is 5.26 Å². The van der Waals surface area contributed by atoms with Crippen LogP contribution < -0.4 is 5.32 Å². The minimum absolute atomic E-state index is 0.135. The maximum atomic E-state index is 12.2. The lowest BCUT2D eigenvalue weighted by Gasteiger charge is -2.20. The second-order valence-corrected chi connectivity index (χ2v) is 5.30. The zero-order chi connectivity index (χ0) is 14.7. The summed E-state index contributed by atoms with van der Waals surface area (Å²) in [5, 5.41) is 16.0. The van der Waals surface area contributed by atoms with Crippen molar-refractivity contribution in [2.24, 2.45) is 0 Å². The van der Waals surface area contributed by atoms with E-state index in [1.807, 2.05) is 30.3 Å². The van der Waals surface area contributed by atoms with Crippen LogP contribution in [0.25, 0.3) is 11.3 Å². The molecule has 21 heavy (non-hydrogen) atoms. The van der Waals surface area contributed by atoms with E-state index < -0.39 is 5.54 Å². The summed E-state index contributed by atoms with van der Waals surface area (Å²) < 4.78 is 5.11. The monoisotopic (exact) mass is 281 g/mol. The maximum Gasteiger partial charge on any atom is 0.291 e. The number of hydrogen-bond donors (Lipinski definition) is 1. The maximum absolute atomic E-state index is 12.2. The van der Waals surface area contributed by atoms with Crippen molar-refractivity contribution in [3.63, 3.8) is 0 Å². The van der Waals surface area contributed by atoms with Gasteiger partial charge in [0.1, 0.15) is 11.2 Å². The Kier molecular flexibility index (Phi) is 3.44. The lowest BCUT2D eigenvalue weighted by Crippen LogP contribution is -2.44. The molecule has 5 heteroatoms. The van der Waals surface area contributed by atoms with Crippen LogP contribution in [-0.4, -0.2) is 16.6 Å². The number of nitrogens with one attached hydrogen (secondary N) is 1. The Balaban J connectivity index is 1.77. The predicted molar refractivity (Wildman–Crippen MR) is 76.2 cm³/mol. The van der Waals surface area contributed by atoms with E-state index in [1.54, 1.807) is 6.07 Å². The first-order chi connectivity index (χ1) is 10.2. The number of aromatic nitrogens is 1. The summed E-state index contributed by atoms with van der Waals surface area (Å²) >= 11 is 0. The van der Waals surface area contributed by atoms with Crippen molar-refractivity contribution in [2.45, 2.75) is 31.2 Å². The molecule has 0 atom stereocenters. The summed E-state index contributed by atoms with van der Waals surface area (Å²) in [6, 6.07) is 13.3. The molecule has 3 rings (SSSR count). The van der Waals surface area contributed by atoms with Crippen LogP contribution in [0, 0.1) is 11.3 Å². The van der Waals surface area contributed by atoms with Crippen LogP contribution in [0.2, 0.25) is 0 Å². The fourth-order valence-corrected chi connectivity index (χ4v) is 2.65. The molecule has 1 N–H and O–H groups in total. The number of carbonyl (C=O) groups is 1. The first kappa shape index (κ1) is 13.4. The van der Waals surface area contributed by atoms with E-state index in [0.717, 1.165) is 18.4 Å². The number of hydrogen-bond acceptors (Lipinski definition) is 4. The van der Waals surface area contributed by atoms with Gasteiger partial charge in [-0.15, -0.1) is 0 Å². The highest BCUT2D eigenvalue weighted by Gasteiger charge is 2.36. The molecule has 1 aromatic carbocycles. The Labute approximate surface area is 122 Å². The van der Waals surface area contributed by atoms with Gasteiger partial charge in [0.05, 0.1) is 6.07 Å². The van der Waals surface area contributed by atoms with Crippen LogP contribution in [0.15, 0.2) is 40.9 Å². The highest BCUT2D eigenvalue weighted by Crippen LogP contribution is 2.29. The molecule has 1 saturated carbocycles. The van der Waals surface area contributed by atoms with Gasteiger partial charge >= 0.3 is 0 Å². The second kappa shape index (κ2) is 5.41. The Morgan fingerprint density at radius 1 is 1.29 bits per heavy atom. The quantitative estimate of drug-likeness (QED) is 0.938. The third-order valence-electron chi connectivity index (χ3n) is 3.83. The highest BCUT2D eigenvalue weighted by molar-refractivity contribution is 5.93. The second-order valence-electron chi connectivity index (χ2n) is 5.30. The summed E-state index contributed by atoms with van der Waals surface area (Å²) in [4.78, 5) is 12.2. The lowest BCUT2D eigenvalue weighted by molar-refractivity contribution is 0.0883. The average molecular weight is 281 g/mol. The Morgan fingerprint density at radius 2 is 2.00 bits per heavy atom. The van der Waals surface area contributed by atoms with E-state index in [4.69, 9.17) is 4.52 Å². The van der Waals surface area contributed by atoms with Crippen LogP contribution in [0.1, 0.15) is 36.2 Å². The van der Waals surface area contributed by atoms with E-state index in [1.165, 1.54) is 0 Å². The summed E-state index contributed by atoms with van der Waals surface area (Å²) in [7, 11) is 0. The molecule has 0 unspecified atom stereocenters. The molecular formula is C16H15N3O2. The van der Waals surface area contributed by atoms with Crippen molar-refractivity contribution in [3.8, 4) is 17.3 Å². The molecule has 0 aliphatic heterocycles. The van der Waals surface area contributed by atoms with E-state index in [9.17, 15) is 10.1 Å². The first-order valence-electron chi connectivity index (χ1n) is 6.98. The number of amides is 1. The van der Waals surface area contributed by atoms with Crippen molar-refractivity contribution in [3.05, 3.63) is 42.2 Å². The highest BCUT2D eigenvalue weighted by atomic mass is 16.5.